The molecule has 0 atom stereocenters. The zero-order chi connectivity index (χ0) is 8.27. The van der Waals surface area contributed by atoms with Crippen molar-refractivity contribution in [3.8, 4) is 5.75 Å². The van der Waals surface area contributed by atoms with Gasteiger partial charge < -0.3 is 10.2 Å². The van der Waals surface area contributed by atoms with Crippen molar-refractivity contribution in [2.24, 2.45) is 0 Å². The summed E-state index contributed by atoms with van der Waals surface area (Å²) in [4.78, 5) is 0. The van der Waals surface area contributed by atoms with E-state index in [1.165, 1.54) is 12.1 Å². The minimum Gasteiger partial charge on any atom is -0.508 e. The number of halogens is 1. The molecule has 0 aliphatic rings. The van der Waals surface area contributed by atoms with Crippen LogP contribution in [-0.4, -0.2) is 16.8 Å². The number of benzene rings is 1. The Morgan fingerprint density at radius 3 is 2.64 bits per heavy atom. The average Bonchev–Trinajstić information content (AvgIpc) is 1.95. The van der Waals surface area contributed by atoms with Crippen LogP contribution in [0, 0.1) is 5.82 Å². The van der Waals surface area contributed by atoms with E-state index in [0.717, 1.165) is 6.07 Å². The third-order valence-corrected chi connectivity index (χ3v) is 1.43. The number of hydrogen-bond acceptors (Lipinski definition) is 2. The Balaban J connectivity index is 2.90. The van der Waals surface area contributed by atoms with Gasteiger partial charge in [-0.1, -0.05) is 6.07 Å². The van der Waals surface area contributed by atoms with Crippen LogP contribution in [0.3, 0.4) is 0 Å². The molecule has 0 radical (unpaired) electrons. The molecule has 0 saturated heterocycles. The summed E-state index contributed by atoms with van der Waals surface area (Å²) in [7, 11) is 0. The first kappa shape index (κ1) is 8.01. The van der Waals surface area contributed by atoms with Crippen LogP contribution in [0.4, 0.5) is 4.39 Å². The van der Waals surface area contributed by atoms with E-state index in [4.69, 9.17) is 10.2 Å². The summed E-state index contributed by atoms with van der Waals surface area (Å²) in [5, 5.41) is 17.6. The second-order valence-electron chi connectivity index (χ2n) is 2.25. The van der Waals surface area contributed by atoms with Gasteiger partial charge in [-0.25, -0.2) is 4.39 Å². The summed E-state index contributed by atoms with van der Waals surface area (Å²) in [6.07, 6.45) is 0.353. The number of aliphatic hydroxyl groups is 1. The second-order valence-corrected chi connectivity index (χ2v) is 2.25. The van der Waals surface area contributed by atoms with E-state index in [-0.39, 0.29) is 12.4 Å². The molecule has 0 saturated carbocycles. The van der Waals surface area contributed by atoms with E-state index in [1.54, 1.807) is 0 Å². The first-order valence-corrected chi connectivity index (χ1v) is 3.32. The zero-order valence-electron chi connectivity index (χ0n) is 5.92. The van der Waals surface area contributed by atoms with E-state index in [1.807, 2.05) is 0 Å². The van der Waals surface area contributed by atoms with Crippen LogP contribution in [-0.2, 0) is 6.42 Å². The van der Waals surface area contributed by atoms with Crippen molar-refractivity contribution in [3.63, 3.8) is 0 Å². The lowest BCUT2D eigenvalue weighted by atomic mass is 10.1. The van der Waals surface area contributed by atoms with Gasteiger partial charge in [-0.05, 0) is 18.1 Å². The Morgan fingerprint density at radius 2 is 2.09 bits per heavy atom. The van der Waals surface area contributed by atoms with E-state index in [0.29, 0.717) is 12.0 Å². The van der Waals surface area contributed by atoms with E-state index in [2.05, 4.69) is 0 Å². The topological polar surface area (TPSA) is 40.5 Å². The molecule has 0 amide bonds. The van der Waals surface area contributed by atoms with Crippen molar-refractivity contribution >= 4 is 0 Å². The predicted molar refractivity (Wildman–Crippen MR) is 38.9 cm³/mol. The summed E-state index contributed by atoms with van der Waals surface area (Å²) in [5.74, 6) is -0.566. The fourth-order valence-electron chi connectivity index (χ4n) is 0.869. The zero-order valence-corrected chi connectivity index (χ0v) is 5.92. The summed E-state index contributed by atoms with van der Waals surface area (Å²) >= 11 is 0. The minimum absolute atomic E-state index is 0.0425. The Hall–Kier alpha value is -1.09. The van der Waals surface area contributed by atoms with Crippen molar-refractivity contribution in [1.82, 2.24) is 0 Å². The molecule has 0 fully saturated rings. The molecule has 60 valence electrons. The van der Waals surface area contributed by atoms with Crippen LogP contribution in [0.15, 0.2) is 18.2 Å². The smallest absolute Gasteiger partial charge is 0.126 e. The minimum atomic E-state index is -0.468. The molecule has 0 aromatic heterocycles. The van der Waals surface area contributed by atoms with Gasteiger partial charge in [0.1, 0.15) is 11.6 Å². The molecule has 0 bridgehead atoms. The molecule has 0 aliphatic heterocycles. The van der Waals surface area contributed by atoms with E-state index in [9.17, 15) is 4.39 Å². The maximum absolute atomic E-state index is 12.4. The summed E-state index contributed by atoms with van der Waals surface area (Å²) < 4.78 is 12.4. The van der Waals surface area contributed by atoms with Crippen molar-refractivity contribution in [3.05, 3.63) is 29.6 Å². The van der Waals surface area contributed by atoms with E-state index >= 15 is 0 Å². The highest BCUT2D eigenvalue weighted by Gasteiger charge is 2.00. The largest absolute Gasteiger partial charge is 0.508 e. The third kappa shape index (κ3) is 1.91. The van der Waals surface area contributed by atoms with Gasteiger partial charge >= 0.3 is 0 Å². The van der Waals surface area contributed by atoms with Crippen molar-refractivity contribution in [2.45, 2.75) is 6.42 Å². The van der Waals surface area contributed by atoms with Gasteiger partial charge in [-0.15, -0.1) is 0 Å². The second kappa shape index (κ2) is 3.34. The monoisotopic (exact) mass is 156 g/mol. The van der Waals surface area contributed by atoms with Crippen LogP contribution < -0.4 is 0 Å². The lowest BCUT2D eigenvalue weighted by molar-refractivity contribution is 0.297. The molecule has 0 unspecified atom stereocenters. The summed E-state index contributed by atoms with van der Waals surface area (Å²) in [6.45, 7) is -0.0425. The highest BCUT2D eigenvalue weighted by Crippen LogP contribution is 2.17. The summed E-state index contributed by atoms with van der Waals surface area (Å²) in [5.41, 5.74) is 0.564. The molecule has 1 aromatic carbocycles. The lowest BCUT2D eigenvalue weighted by Gasteiger charge is -2.00. The predicted octanol–water partition coefficient (Wildman–Crippen LogP) is 1.07. The normalized spacial score (nSPS) is 10.0. The SMILES string of the molecule is OCCc1ccc(F)cc1O. The number of rotatable bonds is 2. The fraction of sp³-hybridized carbons (Fsp3) is 0.250. The van der Waals surface area contributed by atoms with Gasteiger partial charge in [0.2, 0.25) is 0 Å². The van der Waals surface area contributed by atoms with Crippen LogP contribution in [0.2, 0.25) is 0 Å². The molecule has 2 N–H and O–H groups in total. The van der Waals surface area contributed by atoms with Crippen molar-refractivity contribution in [1.29, 1.82) is 0 Å². The number of hydrogen-bond donors (Lipinski definition) is 2. The average molecular weight is 156 g/mol. The van der Waals surface area contributed by atoms with Gasteiger partial charge in [0.15, 0.2) is 0 Å². The van der Waals surface area contributed by atoms with Gasteiger partial charge in [0.25, 0.3) is 0 Å². The van der Waals surface area contributed by atoms with Gasteiger partial charge in [0, 0.05) is 12.7 Å². The van der Waals surface area contributed by atoms with Crippen LogP contribution in [0.1, 0.15) is 5.56 Å². The van der Waals surface area contributed by atoms with Crippen LogP contribution in [0.5, 0.6) is 5.75 Å². The molecule has 1 aromatic rings. The van der Waals surface area contributed by atoms with Gasteiger partial charge in [-0.2, -0.15) is 0 Å². The number of aromatic hydroxyl groups is 1. The molecular weight excluding hydrogens is 147 g/mol. The molecule has 0 spiro atoms. The van der Waals surface area contributed by atoms with Crippen molar-refractivity contribution in [2.75, 3.05) is 6.61 Å². The standard InChI is InChI=1S/C8H9FO2/c9-7-2-1-6(3-4-10)8(11)5-7/h1-2,5,10-11H,3-4H2. The third-order valence-electron chi connectivity index (χ3n) is 1.43. The quantitative estimate of drug-likeness (QED) is 0.672. The lowest BCUT2D eigenvalue weighted by Crippen LogP contribution is -1.91. The van der Waals surface area contributed by atoms with Crippen molar-refractivity contribution < 1.29 is 14.6 Å². The molecule has 3 heteroatoms. The number of phenols is 1. The molecular formula is C8H9FO2. The maximum Gasteiger partial charge on any atom is 0.126 e. The Morgan fingerprint density at radius 1 is 1.36 bits per heavy atom. The molecule has 0 aliphatic carbocycles. The molecule has 0 heterocycles. The fourth-order valence-corrected chi connectivity index (χ4v) is 0.869. The first-order valence-electron chi connectivity index (χ1n) is 3.32. The van der Waals surface area contributed by atoms with Crippen LogP contribution in [0.25, 0.3) is 0 Å². The highest BCUT2D eigenvalue weighted by molar-refractivity contribution is 5.32. The summed E-state index contributed by atoms with van der Waals surface area (Å²) in [6, 6.07) is 3.75. The molecule has 11 heavy (non-hydrogen) atoms. The Bertz CT molecular complexity index is 248. The highest BCUT2D eigenvalue weighted by atomic mass is 19.1. The molecule has 1 rings (SSSR count). The number of phenolic OH excluding ortho intramolecular Hbond substituents is 1. The van der Waals surface area contributed by atoms with E-state index < -0.39 is 5.82 Å². The Labute approximate surface area is 63.9 Å². The maximum atomic E-state index is 12.4. The van der Waals surface area contributed by atoms with Crippen LogP contribution >= 0.6 is 0 Å². The van der Waals surface area contributed by atoms with Gasteiger partial charge in [-0.3, -0.25) is 0 Å². The Kier molecular flexibility index (Phi) is 2.44. The number of aliphatic hydroxyl groups excluding tert-OH is 1. The molecule has 2 nitrogen and oxygen atoms in total. The van der Waals surface area contributed by atoms with Gasteiger partial charge in [0.05, 0.1) is 0 Å². The first-order chi connectivity index (χ1) is 5.24.